The Morgan fingerprint density at radius 1 is 1.19 bits per heavy atom. The number of carbonyl (C=O) groups excluding carboxylic acids is 1. The SMILES string of the molecule is CN1C(=O)[C@](C)(c2ccccc2)Oc2cc(C(F)(F)F)c(C(=O)O)cc21. The molecule has 0 radical (unpaired) electrons. The molecule has 5 nitrogen and oxygen atoms in total. The number of benzene rings is 2. The molecule has 8 heteroatoms. The Morgan fingerprint density at radius 3 is 2.35 bits per heavy atom. The van der Waals surface area contributed by atoms with Crippen LogP contribution in [0.15, 0.2) is 42.5 Å². The number of anilines is 1. The first kappa shape index (κ1) is 17.8. The number of nitrogens with zero attached hydrogens (tertiary/aromatic N) is 1. The van der Waals surface area contributed by atoms with Crippen molar-refractivity contribution >= 4 is 17.6 Å². The number of likely N-dealkylation sites (N-methyl/N-ethyl adjacent to an activating group) is 1. The number of rotatable bonds is 2. The lowest BCUT2D eigenvalue weighted by Gasteiger charge is -2.39. The van der Waals surface area contributed by atoms with Crippen LogP contribution in [0.2, 0.25) is 0 Å². The molecule has 1 heterocycles. The van der Waals surface area contributed by atoms with Gasteiger partial charge in [-0.1, -0.05) is 30.3 Å². The van der Waals surface area contributed by atoms with Gasteiger partial charge in [0.15, 0.2) is 0 Å². The van der Waals surface area contributed by atoms with Crippen molar-refractivity contribution in [1.29, 1.82) is 0 Å². The minimum absolute atomic E-state index is 0.0335. The Kier molecular flexibility index (Phi) is 3.94. The van der Waals surface area contributed by atoms with Crippen LogP contribution in [0.3, 0.4) is 0 Å². The van der Waals surface area contributed by atoms with Crippen molar-refractivity contribution < 1.29 is 32.6 Å². The van der Waals surface area contributed by atoms with Crippen LogP contribution >= 0.6 is 0 Å². The molecular formula is C18H14F3NO4. The average Bonchev–Trinajstić information content (AvgIpc) is 2.59. The van der Waals surface area contributed by atoms with E-state index in [2.05, 4.69) is 0 Å². The zero-order chi connectivity index (χ0) is 19.3. The van der Waals surface area contributed by atoms with Gasteiger partial charge in [-0.3, -0.25) is 4.79 Å². The van der Waals surface area contributed by atoms with E-state index >= 15 is 0 Å². The van der Waals surface area contributed by atoms with E-state index in [9.17, 15) is 22.8 Å². The van der Waals surface area contributed by atoms with Crippen LogP contribution in [0.1, 0.15) is 28.4 Å². The van der Waals surface area contributed by atoms with Crippen molar-refractivity contribution in [2.24, 2.45) is 0 Å². The summed E-state index contributed by atoms with van der Waals surface area (Å²) in [6.07, 6.45) is -4.88. The molecule has 2 aromatic rings. The van der Waals surface area contributed by atoms with Gasteiger partial charge in [-0.25, -0.2) is 4.79 Å². The molecule has 0 bridgehead atoms. The normalized spacial score (nSPS) is 19.7. The number of carbonyl (C=O) groups is 2. The second kappa shape index (κ2) is 5.76. The number of aromatic carboxylic acids is 1. The number of amides is 1. The number of carboxylic acid groups (broad SMARTS) is 1. The summed E-state index contributed by atoms with van der Waals surface area (Å²) in [4.78, 5) is 25.2. The Hall–Kier alpha value is -3.03. The first-order chi connectivity index (χ1) is 12.1. The number of hydrogen-bond acceptors (Lipinski definition) is 3. The van der Waals surface area contributed by atoms with Crippen LogP contribution in [-0.2, 0) is 16.6 Å². The molecule has 1 amide bonds. The number of hydrogen-bond donors (Lipinski definition) is 1. The van der Waals surface area contributed by atoms with Gasteiger partial charge in [0, 0.05) is 12.6 Å². The molecule has 26 heavy (non-hydrogen) atoms. The number of alkyl halides is 3. The molecule has 0 unspecified atom stereocenters. The fourth-order valence-electron chi connectivity index (χ4n) is 2.96. The monoisotopic (exact) mass is 365 g/mol. The van der Waals surface area contributed by atoms with Crippen LogP contribution in [0, 0.1) is 0 Å². The van der Waals surface area contributed by atoms with E-state index in [0.29, 0.717) is 11.6 Å². The molecule has 0 spiro atoms. The molecule has 0 fully saturated rings. The van der Waals surface area contributed by atoms with Crippen molar-refractivity contribution in [3.05, 3.63) is 59.2 Å². The van der Waals surface area contributed by atoms with Gasteiger partial charge in [-0.15, -0.1) is 0 Å². The summed E-state index contributed by atoms with van der Waals surface area (Å²) in [6, 6.07) is 9.80. The molecule has 136 valence electrons. The standard InChI is InChI=1S/C18H14F3NO4/c1-17(10-6-4-3-5-7-10)16(25)22(2)13-8-11(15(23)24)12(18(19,20)21)9-14(13)26-17/h3-9H,1-2H3,(H,23,24)/t17-/m0/s1. The maximum Gasteiger partial charge on any atom is 0.417 e. The first-order valence-electron chi connectivity index (χ1n) is 7.57. The molecule has 0 aliphatic carbocycles. The van der Waals surface area contributed by atoms with Crippen LogP contribution in [0.25, 0.3) is 0 Å². The summed E-state index contributed by atoms with van der Waals surface area (Å²) >= 11 is 0. The van der Waals surface area contributed by atoms with E-state index in [1.54, 1.807) is 30.3 Å². The van der Waals surface area contributed by atoms with Crippen LogP contribution in [0.5, 0.6) is 5.75 Å². The van der Waals surface area contributed by atoms with Crippen LogP contribution < -0.4 is 9.64 Å². The maximum atomic E-state index is 13.3. The number of halogens is 3. The fourth-order valence-corrected chi connectivity index (χ4v) is 2.96. The Morgan fingerprint density at radius 2 is 1.81 bits per heavy atom. The van der Waals surface area contributed by atoms with Crippen molar-refractivity contribution in [2.75, 3.05) is 11.9 Å². The zero-order valence-electron chi connectivity index (χ0n) is 13.8. The fraction of sp³-hybridized carbons (Fsp3) is 0.222. The highest BCUT2D eigenvalue weighted by Crippen LogP contribution is 2.45. The molecule has 3 rings (SSSR count). The van der Waals surface area contributed by atoms with E-state index in [-0.39, 0.29) is 11.4 Å². The van der Waals surface area contributed by atoms with Gasteiger partial charge in [-0.05, 0) is 19.1 Å². The molecule has 0 aromatic heterocycles. The number of fused-ring (bicyclic) bond motifs is 1. The Labute approximate surface area is 146 Å². The summed E-state index contributed by atoms with van der Waals surface area (Å²) in [5.41, 5.74) is -3.37. The third-order valence-electron chi connectivity index (χ3n) is 4.35. The third-order valence-corrected chi connectivity index (χ3v) is 4.35. The van der Waals surface area contributed by atoms with Crippen LogP contribution in [-0.4, -0.2) is 24.0 Å². The molecule has 2 aromatic carbocycles. The molecular weight excluding hydrogens is 351 g/mol. The van der Waals surface area contributed by atoms with E-state index in [4.69, 9.17) is 9.84 Å². The smallest absolute Gasteiger partial charge is 0.417 e. The Bertz CT molecular complexity index is 895. The highest BCUT2D eigenvalue weighted by molar-refractivity contribution is 6.04. The minimum Gasteiger partial charge on any atom is -0.478 e. The molecule has 1 aliphatic heterocycles. The van der Waals surface area contributed by atoms with Gasteiger partial charge in [0.2, 0.25) is 5.60 Å². The molecule has 1 N–H and O–H groups in total. The second-order valence-electron chi connectivity index (χ2n) is 6.03. The van der Waals surface area contributed by atoms with E-state index in [1.807, 2.05) is 0 Å². The molecule has 0 saturated carbocycles. The van der Waals surface area contributed by atoms with Gasteiger partial charge < -0.3 is 14.7 Å². The summed E-state index contributed by atoms with van der Waals surface area (Å²) in [6.45, 7) is 1.46. The van der Waals surface area contributed by atoms with Gasteiger partial charge in [0.25, 0.3) is 5.91 Å². The van der Waals surface area contributed by atoms with Crippen molar-refractivity contribution in [1.82, 2.24) is 0 Å². The van der Waals surface area contributed by atoms with Crippen molar-refractivity contribution in [3.8, 4) is 5.75 Å². The van der Waals surface area contributed by atoms with E-state index in [0.717, 1.165) is 11.0 Å². The highest BCUT2D eigenvalue weighted by atomic mass is 19.4. The minimum atomic E-state index is -4.88. The Balaban J connectivity index is 2.21. The lowest BCUT2D eigenvalue weighted by atomic mass is 9.91. The summed E-state index contributed by atoms with van der Waals surface area (Å²) in [5.74, 6) is -2.47. The van der Waals surface area contributed by atoms with Gasteiger partial charge in [0.1, 0.15) is 5.75 Å². The first-order valence-corrected chi connectivity index (χ1v) is 7.57. The topological polar surface area (TPSA) is 66.8 Å². The van der Waals surface area contributed by atoms with Gasteiger partial charge in [-0.2, -0.15) is 13.2 Å². The zero-order valence-corrected chi connectivity index (χ0v) is 13.8. The molecule has 0 saturated heterocycles. The van der Waals surface area contributed by atoms with Crippen molar-refractivity contribution in [2.45, 2.75) is 18.7 Å². The quantitative estimate of drug-likeness (QED) is 0.882. The predicted octanol–water partition coefficient (Wildman–Crippen LogP) is 3.67. The highest BCUT2D eigenvalue weighted by Gasteiger charge is 2.46. The third kappa shape index (κ3) is 2.67. The van der Waals surface area contributed by atoms with Crippen molar-refractivity contribution in [3.63, 3.8) is 0 Å². The summed E-state index contributed by atoms with van der Waals surface area (Å²) in [5, 5.41) is 9.12. The largest absolute Gasteiger partial charge is 0.478 e. The number of carboxylic acids is 1. The maximum absolute atomic E-state index is 13.3. The summed E-state index contributed by atoms with van der Waals surface area (Å²) < 4.78 is 45.5. The number of ether oxygens (including phenoxy) is 1. The van der Waals surface area contributed by atoms with Crippen LogP contribution in [0.4, 0.5) is 18.9 Å². The van der Waals surface area contributed by atoms with Gasteiger partial charge >= 0.3 is 12.1 Å². The predicted molar refractivity (Wildman–Crippen MR) is 86.2 cm³/mol. The average molecular weight is 365 g/mol. The molecule has 1 atom stereocenters. The summed E-state index contributed by atoms with van der Waals surface area (Å²) in [7, 11) is 1.36. The molecule has 1 aliphatic rings. The van der Waals surface area contributed by atoms with Gasteiger partial charge in [0.05, 0.1) is 16.8 Å². The lowest BCUT2D eigenvalue weighted by molar-refractivity contribution is -0.138. The second-order valence-corrected chi connectivity index (χ2v) is 6.03. The lowest BCUT2D eigenvalue weighted by Crippen LogP contribution is -2.50. The van der Waals surface area contributed by atoms with E-state index < -0.39 is 34.8 Å². The van der Waals surface area contributed by atoms with E-state index in [1.165, 1.54) is 14.0 Å².